The molecule has 186 valence electrons. The second-order valence-corrected chi connectivity index (χ2v) is 8.72. The van der Waals surface area contributed by atoms with E-state index in [1.165, 1.54) is 0 Å². The Balaban J connectivity index is 1.54. The van der Waals surface area contributed by atoms with Gasteiger partial charge in [-0.05, 0) is 43.2 Å². The average molecular weight is 488 g/mol. The third kappa shape index (κ3) is 4.42. The lowest BCUT2D eigenvalue weighted by Crippen LogP contribution is -2.43. The Morgan fingerprint density at radius 1 is 0.944 bits per heavy atom. The zero-order valence-corrected chi connectivity index (χ0v) is 20.4. The van der Waals surface area contributed by atoms with Gasteiger partial charge in [0.2, 0.25) is 0 Å². The summed E-state index contributed by atoms with van der Waals surface area (Å²) in [6.45, 7) is 1.48. The zero-order chi connectivity index (χ0) is 25.1. The first-order valence-electron chi connectivity index (χ1n) is 12.0. The standard InChI is InChI=1S/C28H29N3O5/c1-34-19-13-14-23(25(17-19)35-2)31-27(29-22-11-5-3-9-20(22)28(31)33)21-10-4-6-12-24(21)36-18-26(32)30-15-7-8-16-30/h3-6,9-14,17,27,29H,7-8,15-16,18H2,1-2H3/t27-/m0/s1. The average Bonchev–Trinajstić information content (AvgIpc) is 3.47. The van der Waals surface area contributed by atoms with Gasteiger partial charge < -0.3 is 24.4 Å². The largest absolute Gasteiger partial charge is 0.497 e. The van der Waals surface area contributed by atoms with Crippen molar-refractivity contribution in [1.82, 2.24) is 4.90 Å². The number of anilines is 2. The molecule has 1 atom stereocenters. The molecule has 3 aromatic rings. The van der Waals surface area contributed by atoms with E-state index >= 15 is 0 Å². The summed E-state index contributed by atoms with van der Waals surface area (Å²) in [6, 6.07) is 20.2. The van der Waals surface area contributed by atoms with Gasteiger partial charge in [0.25, 0.3) is 11.8 Å². The minimum atomic E-state index is -0.604. The summed E-state index contributed by atoms with van der Waals surface area (Å²) in [5, 5.41) is 3.50. The molecule has 2 aliphatic heterocycles. The Bertz CT molecular complexity index is 1270. The number of nitrogens with one attached hydrogen (secondary N) is 1. The van der Waals surface area contributed by atoms with Crippen molar-refractivity contribution in [2.45, 2.75) is 19.0 Å². The highest BCUT2D eigenvalue weighted by Gasteiger charge is 2.37. The van der Waals surface area contributed by atoms with E-state index in [-0.39, 0.29) is 18.4 Å². The number of rotatable bonds is 7. The van der Waals surface area contributed by atoms with Gasteiger partial charge in [0.1, 0.15) is 23.4 Å². The highest BCUT2D eigenvalue weighted by atomic mass is 16.5. The van der Waals surface area contributed by atoms with E-state index in [1.54, 1.807) is 43.4 Å². The molecule has 2 heterocycles. The first-order chi connectivity index (χ1) is 17.6. The van der Waals surface area contributed by atoms with Crippen LogP contribution in [0, 0.1) is 0 Å². The van der Waals surface area contributed by atoms with Crippen LogP contribution in [-0.4, -0.2) is 50.6 Å². The van der Waals surface area contributed by atoms with Gasteiger partial charge in [-0.15, -0.1) is 0 Å². The number of para-hydroxylation sites is 2. The fraction of sp³-hybridized carbons (Fsp3) is 0.286. The molecule has 1 fully saturated rings. The monoisotopic (exact) mass is 487 g/mol. The van der Waals surface area contributed by atoms with Gasteiger partial charge in [0.15, 0.2) is 6.61 Å². The molecule has 0 bridgehead atoms. The summed E-state index contributed by atoms with van der Waals surface area (Å²) in [6.07, 6.45) is 1.44. The number of hydrogen-bond acceptors (Lipinski definition) is 6. The highest BCUT2D eigenvalue weighted by Crippen LogP contribution is 2.43. The van der Waals surface area contributed by atoms with Crippen molar-refractivity contribution in [3.63, 3.8) is 0 Å². The molecule has 0 saturated carbocycles. The topological polar surface area (TPSA) is 80.3 Å². The first-order valence-corrected chi connectivity index (χ1v) is 12.0. The molecule has 1 saturated heterocycles. The van der Waals surface area contributed by atoms with Gasteiger partial charge >= 0.3 is 0 Å². The number of carbonyl (C=O) groups is 2. The van der Waals surface area contributed by atoms with E-state index in [0.29, 0.717) is 28.5 Å². The lowest BCUT2D eigenvalue weighted by molar-refractivity contribution is -0.132. The number of ether oxygens (including phenoxy) is 3. The Labute approximate surface area is 210 Å². The van der Waals surface area contributed by atoms with E-state index in [9.17, 15) is 9.59 Å². The third-order valence-electron chi connectivity index (χ3n) is 6.60. The number of hydrogen-bond donors (Lipinski definition) is 1. The van der Waals surface area contributed by atoms with Crippen LogP contribution in [0.25, 0.3) is 0 Å². The van der Waals surface area contributed by atoms with Crippen LogP contribution >= 0.6 is 0 Å². The van der Waals surface area contributed by atoms with E-state index in [1.807, 2.05) is 47.4 Å². The first kappa shape index (κ1) is 23.5. The van der Waals surface area contributed by atoms with Gasteiger partial charge in [-0.25, -0.2) is 0 Å². The number of carbonyl (C=O) groups excluding carboxylic acids is 2. The number of fused-ring (bicyclic) bond motifs is 1. The molecule has 3 aromatic carbocycles. The van der Waals surface area contributed by atoms with E-state index in [4.69, 9.17) is 14.2 Å². The van der Waals surface area contributed by atoms with Gasteiger partial charge in [0, 0.05) is 30.4 Å². The van der Waals surface area contributed by atoms with Crippen LogP contribution in [0.5, 0.6) is 17.2 Å². The molecule has 0 radical (unpaired) electrons. The predicted molar refractivity (Wildman–Crippen MR) is 137 cm³/mol. The number of likely N-dealkylation sites (tertiary alicyclic amines) is 1. The fourth-order valence-electron chi connectivity index (χ4n) is 4.74. The maximum atomic E-state index is 13.9. The van der Waals surface area contributed by atoms with Crippen molar-refractivity contribution in [1.29, 1.82) is 0 Å². The minimum Gasteiger partial charge on any atom is -0.497 e. The van der Waals surface area contributed by atoms with Crippen LogP contribution in [0.4, 0.5) is 11.4 Å². The number of nitrogens with zero attached hydrogens (tertiary/aromatic N) is 2. The zero-order valence-electron chi connectivity index (χ0n) is 20.4. The highest BCUT2D eigenvalue weighted by molar-refractivity contribution is 6.12. The van der Waals surface area contributed by atoms with Crippen molar-refractivity contribution in [3.05, 3.63) is 77.9 Å². The summed E-state index contributed by atoms with van der Waals surface area (Å²) < 4.78 is 17.0. The lowest BCUT2D eigenvalue weighted by atomic mass is 10.0. The molecule has 2 aliphatic rings. The van der Waals surface area contributed by atoms with E-state index < -0.39 is 6.17 Å². The van der Waals surface area contributed by atoms with Crippen molar-refractivity contribution in [2.75, 3.05) is 44.1 Å². The summed E-state index contributed by atoms with van der Waals surface area (Å²) in [5.74, 6) is 1.44. The number of amides is 2. The summed E-state index contributed by atoms with van der Waals surface area (Å²) in [4.78, 5) is 30.0. The van der Waals surface area contributed by atoms with Crippen LogP contribution in [0.15, 0.2) is 66.7 Å². The van der Waals surface area contributed by atoms with Gasteiger partial charge in [-0.3, -0.25) is 14.5 Å². The summed E-state index contributed by atoms with van der Waals surface area (Å²) >= 11 is 0. The Kier molecular flexibility index (Phi) is 6.66. The molecular weight excluding hydrogens is 458 g/mol. The molecule has 8 nitrogen and oxygen atoms in total. The van der Waals surface area contributed by atoms with Gasteiger partial charge in [-0.1, -0.05) is 30.3 Å². The minimum absolute atomic E-state index is 0.0333. The third-order valence-corrected chi connectivity index (χ3v) is 6.60. The van der Waals surface area contributed by atoms with Crippen molar-refractivity contribution >= 4 is 23.2 Å². The van der Waals surface area contributed by atoms with E-state index in [2.05, 4.69) is 5.32 Å². The molecule has 1 N–H and O–H groups in total. The quantitative estimate of drug-likeness (QED) is 0.530. The van der Waals surface area contributed by atoms with Crippen LogP contribution in [0.3, 0.4) is 0 Å². The van der Waals surface area contributed by atoms with Crippen LogP contribution in [-0.2, 0) is 4.79 Å². The van der Waals surface area contributed by atoms with E-state index in [0.717, 1.165) is 37.2 Å². The second-order valence-electron chi connectivity index (χ2n) is 8.72. The molecule has 8 heteroatoms. The number of benzene rings is 3. The maximum absolute atomic E-state index is 13.9. The van der Waals surface area contributed by atoms with Gasteiger partial charge in [0.05, 0.1) is 25.5 Å². The SMILES string of the molecule is COc1ccc(N2C(=O)c3ccccc3N[C@@H]2c2ccccc2OCC(=O)N2CCCC2)c(OC)c1. The van der Waals surface area contributed by atoms with Crippen molar-refractivity contribution in [2.24, 2.45) is 0 Å². The van der Waals surface area contributed by atoms with Crippen molar-refractivity contribution in [3.8, 4) is 17.2 Å². The summed E-state index contributed by atoms with van der Waals surface area (Å²) in [5.41, 5.74) is 2.58. The smallest absolute Gasteiger partial charge is 0.262 e. The van der Waals surface area contributed by atoms with Crippen LogP contribution in [0.2, 0.25) is 0 Å². The van der Waals surface area contributed by atoms with Crippen LogP contribution in [0.1, 0.15) is 34.9 Å². The second kappa shape index (κ2) is 10.2. The molecule has 36 heavy (non-hydrogen) atoms. The molecule has 0 aliphatic carbocycles. The fourth-order valence-corrected chi connectivity index (χ4v) is 4.74. The lowest BCUT2D eigenvalue weighted by Gasteiger charge is -2.39. The molecule has 5 rings (SSSR count). The maximum Gasteiger partial charge on any atom is 0.262 e. The Morgan fingerprint density at radius 3 is 2.47 bits per heavy atom. The normalized spacial score (nSPS) is 16.8. The Hall–Kier alpha value is -4.20. The van der Waals surface area contributed by atoms with Gasteiger partial charge in [-0.2, -0.15) is 0 Å². The Morgan fingerprint density at radius 2 is 1.69 bits per heavy atom. The van der Waals surface area contributed by atoms with Crippen LogP contribution < -0.4 is 24.4 Å². The number of methoxy groups -OCH3 is 2. The van der Waals surface area contributed by atoms with Crippen molar-refractivity contribution < 1.29 is 23.8 Å². The molecule has 2 amide bonds. The molecular formula is C28H29N3O5. The molecule has 0 spiro atoms. The predicted octanol–water partition coefficient (Wildman–Crippen LogP) is 4.48. The molecule has 0 unspecified atom stereocenters. The molecule has 0 aromatic heterocycles. The summed E-state index contributed by atoms with van der Waals surface area (Å²) in [7, 11) is 3.14.